The number of rotatable bonds is 3. The number of nitrogens with two attached hydrogens (primary N) is 1. The first-order valence-electron chi connectivity index (χ1n) is 6.39. The topological polar surface area (TPSA) is 29.3 Å². The Labute approximate surface area is 112 Å². The molecule has 2 rings (SSSR count). The van der Waals surface area contributed by atoms with Crippen LogP contribution in [0.4, 0.5) is 0 Å². The number of halogens is 1. The second-order valence-electron chi connectivity index (χ2n) is 4.94. The van der Waals surface area contributed by atoms with E-state index in [-0.39, 0.29) is 6.04 Å². The van der Waals surface area contributed by atoms with Gasteiger partial charge < -0.3 is 5.73 Å². The van der Waals surface area contributed by atoms with Gasteiger partial charge in [0.25, 0.3) is 0 Å². The first-order valence-corrected chi connectivity index (χ1v) is 7.18. The summed E-state index contributed by atoms with van der Waals surface area (Å²) in [5, 5.41) is 0. The third-order valence-corrected chi connectivity index (χ3v) is 4.47. The standard InChI is InChI=1S/C14H21BrN2/c1-3-7-17-8-6-13(16)14(17)11-4-5-12(15)10(2)9-11/h4-5,9,13-14H,3,6-8,16H2,1-2H3. The Morgan fingerprint density at radius 2 is 2.24 bits per heavy atom. The van der Waals surface area contributed by atoms with E-state index >= 15 is 0 Å². The smallest absolute Gasteiger partial charge is 0.0499 e. The van der Waals surface area contributed by atoms with Crippen LogP contribution in [0.25, 0.3) is 0 Å². The summed E-state index contributed by atoms with van der Waals surface area (Å²) >= 11 is 3.55. The molecule has 3 heteroatoms. The lowest BCUT2D eigenvalue weighted by Gasteiger charge is -2.27. The first-order chi connectivity index (χ1) is 8.13. The van der Waals surface area contributed by atoms with E-state index in [2.05, 4.69) is 52.9 Å². The molecule has 0 saturated carbocycles. The molecule has 1 aliphatic rings. The van der Waals surface area contributed by atoms with E-state index in [1.54, 1.807) is 0 Å². The Morgan fingerprint density at radius 3 is 2.88 bits per heavy atom. The molecule has 94 valence electrons. The van der Waals surface area contributed by atoms with Gasteiger partial charge in [-0.2, -0.15) is 0 Å². The quantitative estimate of drug-likeness (QED) is 0.928. The highest BCUT2D eigenvalue weighted by atomic mass is 79.9. The molecule has 2 unspecified atom stereocenters. The Balaban J connectivity index is 2.26. The lowest BCUT2D eigenvalue weighted by Crippen LogP contribution is -2.32. The van der Waals surface area contributed by atoms with Gasteiger partial charge in [-0.05, 0) is 43.5 Å². The minimum Gasteiger partial charge on any atom is -0.326 e. The van der Waals surface area contributed by atoms with Gasteiger partial charge in [0.05, 0.1) is 0 Å². The van der Waals surface area contributed by atoms with Crippen LogP contribution in [0, 0.1) is 6.92 Å². The Morgan fingerprint density at radius 1 is 1.47 bits per heavy atom. The van der Waals surface area contributed by atoms with Crippen molar-refractivity contribution < 1.29 is 0 Å². The Hall–Kier alpha value is -0.380. The van der Waals surface area contributed by atoms with Gasteiger partial charge in [0.15, 0.2) is 0 Å². The summed E-state index contributed by atoms with van der Waals surface area (Å²) < 4.78 is 1.18. The van der Waals surface area contributed by atoms with Gasteiger partial charge >= 0.3 is 0 Å². The van der Waals surface area contributed by atoms with Crippen molar-refractivity contribution in [3.05, 3.63) is 33.8 Å². The summed E-state index contributed by atoms with van der Waals surface area (Å²) in [6.07, 6.45) is 2.30. The van der Waals surface area contributed by atoms with Crippen molar-refractivity contribution in [3.8, 4) is 0 Å². The summed E-state index contributed by atoms with van der Waals surface area (Å²) in [5.74, 6) is 0. The van der Waals surface area contributed by atoms with Crippen LogP contribution in [0.15, 0.2) is 22.7 Å². The van der Waals surface area contributed by atoms with Crippen molar-refractivity contribution in [2.45, 2.75) is 38.8 Å². The van der Waals surface area contributed by atoms with Gasteiger partial charge in [-0.25, -0.2) is 0 Å². The van der Waals surface area contributed by atoms with Crippen molar-refractivity contribution in [2.24, 2.45) is 5.73 Å². The molecule has 0 radical (unpaired) electrons. The molecular formula is C14H21BrN2. The largest absolute Gasteiger partial charge is 0.326 e. The van der Waals surface area contributed by atoms with Crippen LogP contribution < -0.4 is 5.73 Å². The van der Waals surface area contributed by atoms with Crippen molar-refractivity contribution in [1.82, 2.24) is 4.90 Å². The average Bonchev–Trinajstić information content (AvgIpc) is 2.65. The molecule has 0 aliphatic carbocycles. The van der Waals surface area contributed by atoms with Gasteiger partial charge in [0.1, 0.15) is 0 Å². The van der Waals surface area contributed by atoms with Crippen LogP contribution in [-0.2, 0) is 0 Å². The molecule has 2 nitrogen and oxygen atoms in total. The maximum absolute atomic E-state index is 6.27. The third-order valence-electron chi connectivity index (χ3n) is 3.58. The molecule has 1 aliphatic heterocycles. The second-order valence-corrected chi connectivity index (χ2v) is 5.80. The van der Waals surface area contributed by atoms with Crippen LogP contribution in [-0.4, -0.2) is 24.0 Å². The number of likely N-dealkylation sites (tertiary alicyclic amines) is 1. The Kier molecular flexibility index (Phi) is 4.23. The number of benzene rings is 1. The molecule has 2 atom stereocenters. The highest BCUT2D eigenvalue weighted by molar-refractivity contribution is 9.10. The monoisotopic (exact) mass is 296 g/mol. The second kappa shape index (κ2) is 5.51. The van der Waals surface area contributed by atoms with E-state index < -0.39 is 0 Å². The van der Waals surface area contributed by atoms with Crippen LogP contribution >= 0.6 is 15.9 Å². The van der Waals surface area contributed by atoms with Crippen molar-refractivity contribution in [3.63, 3.8) is 0 Å². The van der Waals surface area contributed by atoms with E-state index in [0.717, 1.165) is 19.5 Å². The molecule has 1 aromatic rings. The molecule has 0 amide bonds. The zero-order valence-corrected chi connectivity index (χ0v) is 12.2. The highest BCUT2D eigenvalue weighted by Gasteiger charge is 2.32. The molecule has 1 fully saturated rings. The minimum absolute atomic E-state index is 0.280. The van der Waals surface area contributed by atoms with Gasteiger partial charge in [0.2, 0.25) is 0 Å². The molecule has 0 aromatic heterocycles. The first kappa shape index (κ1) is 13.1. The summed E-state index contributed by atoms with van der Waals surface area (Å²) in [6.45, 7) is 6.65. The molecule has 0 bridgehead atoms. The molecule has 17 heavy (non-hydrogen) atoms. The maximum Gasteiger partial charge on any atom is 0.0499 e. The lowest BCUT2D eigenvalue weighted by molar-refractivity contribution is 0.248. The fourth-order valence-electron chi connectivity index (χ4n) is 2.73. The minimum atomic E-state index is 0.280. The molecule has 1 aromatic carbocycles. The van der Waals surface area contributed by atoms with Gasteiger partial charge in [0, 0.05) is 23.1 Å². The third kappa shape index (κ3) is 2.72. The molecule has 2 N–H and O–H groups in total. The number of nitrogens with zero attached hydrogens (tertiary/aromatic N) is 1. The van der Waals surface area contributed by atoms with E-state index in [4.69, 9.17) is 5.73 Å². The van der Waals surface area contributed by atoms with E-state index in [1.165, 1.54) is 22.0 Å². The van der Waals surface area contributed by atoms with Crippen molar-refractivity contribution >= 4 is 15.9 Å². The zero-order valence-electron chi connectivity index (χ0n) is 10.6. The SMILES string of the molecule is CCCN1CCC(N)C1c1ccc(Br)c(C)c1. The summed E-state index contributed by atoms with van der Waals surface area (Å²) in [4.78, 5) is 2.52. The van der Waals surface area contributed by atoms with Gasteiger partial charge in [-0.15, -0.1) is 0 Å². The molecule has 1 heterocycles. The number of aryl methyl sites for hydroxylation is 1. The molecule has 0 spiro atoms. The van der Waals surface area contributed by atoms with Crippen LogP contribution in [0.2, 0.25) is 0 Å². The van der Waals surface area contributed by atoms with Crippen LogP contribution in [0.5, 0.6) is 0 Å². The average molecular weight is 297 g/mol. The number of hydrogen-bond acceptors (Lipinski definition) is 2. The van der Waals surface area contributed by atoms with Crippen LogP contribution in [0.1, 0.15) is 36.9 Å². The van der Waals surface area contributed by atoms with Crippen molar-refractivity contribution in [2.75, 3.05) is 13.1 Å². The fraction of sp³-hybridized carbons (Fsp3) is 0.571. The molecule has 1 saturated heterocycles. The van der Waals surface area contributed by atoms with Crippen molar-refractivity contribution in [1.29, 1.82) is 0 Å². The predicted molar refractivity (Wildman–Crippen MR) is 76.1 cm³/mol. The highest BCUT2D eigenvalue weighted by Crippen LogP contribution is 2.32. The lowest BCUT2D eigenvalue weighted by atomic mass is 9.99. The summed E-state index contributed by atoms with van der Waals surface area (Å²) in [5.41, 5.74) is 8.92. The maximum atomic E-state index is 6.27. The van der Waals surface area contributed by atoms with Crippen LogP contribution in [0.3, 0.4) is 0 Å². The number of hydrogen-bond donors (Lipinski definition) is 1. The van der Waals surface area contributed by atoms with E-state index in [0.29, 0.717) is 6.04 Å². The normalized spacial score (nSPS) is 25.4. The summed E-state index contributed by atoms with van der Waals surface area (Å²) in [6, 6.07) is 7.29. The Bertz CT molecular complexity index is 390. The van der Waals surface area contributed by atoms with Gasteiger partial charge in [-0.3, -0.25) is 4.90 Å². The predicted octanol–water partition coefficient (Wildman–Crippen LogP) is 3.24. The fourth-order valence-corrected chi connectivity index (χ4v) is 2.98. The van der Waals surface area contributed by atoms with Gasteiger partial charge in [-0.1, -0.05) is 35.0 Å². The van der Waals surface area contributed by atoms with E-state index in [1.807, 2.05) is 0 Å². The summed E-state index contributed by atoms with van der Waals surface area (Å²) in [7, 11) is 0. The van der Waals surface area contributed by atoms with E-state index in [9.17, 15) is 0 Å². The molecular weight excluding hydrogens is 276 g/mol. The zero-order chi connectivity index (χ0) is 12.4.